The Labute approximate surface area is 101 Å². The van der Waals surface area contributed by atoms with Crippen molar-refractivity contribution in [1.29, 1.82) is 0 Å². The highest BCUT2D eigenvalue weighted by Gasteiger charge is 2.33. The molecular formula is C15H29N. The molecule has 0 aliphatic heterocycles. The van der Waals surface area contributed by atoms with Crippen molar-refractivity contribution in [2.24, 2.45) is 11.3 Å². The lowest BCUT2D eigenvalue weighted by atomic mass is 9.83. The van der Waals surface area contributed by atoms with Gasteiger partial charge in [-0.3, -0.25) is 0 Å². The van der Waals surface area contributed by atoms with E-state index in [-0.39, 0.29) is 0 Å². The Morgan fingerprint density at radius 1 is 1.12 bits per heavy atom. The zero-order valence-corrected chi connectivity index (χ0v) is 11.2. The van der Waals surface area contributed by atoms with Crippen molar-refractivity contribution in [3.63, 3.8) is 0 Å². The predicted molar refractivity (Wildman–Crippen MR) is 70.6 cm³/mol. The minimum atomic E-state index is 0.671. The van der Waals surface area contributed by atoms with E-state index in [1.807, 2.05) is 0 Å². The normalized spacial score (nSPS) is 33.4. The Kier molecular flexibility index (Phi) is 4.29. The molecule has 94 valence electrons. The Morgan fingerprint density at radius 3 is 2.44 bits per heavy atom. The van der Waals surface area contributed by atoms with E-state index in [0.29, 0.717) is 5.41 Å². The second-order valence-electron chi connectivity index (χ2n) is 6.23. The van der Waals surface area contributed by atoms with Crippen LogP contribution in [0.3, 0.4) is 0 Å². The highest BCUT2D eigenvalue weighted by molar-refractivity contribution is 4.88. The average molecular weight is 223 g/mol. The molecular weight excluding hydrogens is 194 g/mol. The molecule has 2 unspecified atom stereocenters. The second-order valence-corrected chi connectivity index (χ2v) is 6.23. The van der Waals surface area contributed by atoms with Crippen LogP contribution in [0.5, 0.6) is 0 Å². The summed E-state index contributed by atoms with van der Waals surface area (Å²) in [6.45, 7) is 6.03. The van der Waals surface area contributed by atoms with Crippen molar-refractivity contribution in [2.75, 3.05) is 6.54 Å². The first-order valence-corrected chi connectivity index (χ1v) is 7.51. The third-order valence-electron chi connectivity index (χ3n) is 5.30. The quantitative estimate of drug-likeness (QED) is 0.739. The van der Waals surface area contributed by atoms with Gasteiger partial charge in [0, 0.05) is 12.6 Å². The molecule has 0 amide bonds. The number of rotatable bonds is 5. The summed E-state index contributed by atoms with van der Waals surface area (Å²) in [5.74, 6) is 1.01. The van der Waals surface area contributed by atoms with E-state index in [2.05, 4.69) is 19.2 Å². The summed E-state index contributed by atoms with van der Waals surface area (Å²) in [6, 6.07) is 0.842. The van der Waals surface area contributed by atoms with Crippen molar-refractivity contribution < 1.29 is 0 Å². The molecule has 2 atom stereocenters. The maximum Gasteiger partial charge on any atom is 0.00700 e. The summed E-state index contributed by atoms with van der Waals surface area (Å²) in [4.78, 5) is 0. The summed E-state index contributed by atoms with van der Waals surface area (Å²) in [7, 11) is 0. The molecule has 0 aromatic rings. The van der Waals surface area contributed by atoms with Crippen LogP contribution >= 0.6 is 0 Å². The fourth-order valence-electron chi connectivity index (χ4n) is 3.77. The van der Waals surface area contributed by atoms with Gasteiger partial charge in [-0.05, 0) is 49.9 Å². The Hall–Kier alpha value is -0.0400. The van der Waals surface area contributed by atoms with Crippen molar-refractivity contribution in [1.82, 2.24) is 5.32 Å². The topological polar surface area (TPSA) is 12.0 Å². The van der Waals surface area contributed by atoms with Crippen LogP contribution in [-0.2, 0) is 0 Å². The molecule has 2 rings (SSSR count). The van der Waals surface area contributed by atoms with Crippen LogP contribution in [-0.4, -0.2) is 12.6 Å². The van der Waals surface area contributed by atoms with Crippen molar-refractivity contribution in [3.05, 3.63) is 0 Å². The molecule has 0 aromatic heterocycles. The highest BCUT2D eigenvalue weighted by Crippen LogP contribution is 2.40. The maximum absolute atomic E-state index is 3.88. The molecule has 1 nitrogen and oxygen atoms in total. The largest absolute Gasteiger partial charge is 0.313 e. The Balaban J connectivity index is 1.74. The molecule has 16 heavy (non-hydrogen) atoms. The van der Waals surface area contributed by atoms with Gasteiger partial charge in [-0.25, -0.2) is 0 Å². The van der Waals surface area contributed by atoms with E-state index < -0.39 is 0 Å². The van der Waals surface area contributed by atoms with E-state index in [1.54, 1.807) is 0 Å². The maximum atomic E-state index is 3.88. The molecule has 2 fully saturated rings. The van der Waals surface area contributed by atoms with Gasteiger partial charge in [0.2, 0.25) is 0 Å². The summed E-state index contributed by atoms with van der Waals surface area (Å²) < 4.78 is 0. The van der Waals surface area contributed by atoms with Gasteiger partial charge >= 0.3 is 0 Å². The van der Waals surface area contributed by atoms with Gasteiger partial charge in [-0.1, -0.05) is 33.1 Å². The first-order chi connectivity index (χ1) is 7.78. The van der Waals surface area contributed by atoms with Crippen molar-refractivity contribution >= 4 is 0 Å². The molecule has 1 heteroatoms. The molecule has 0 bridgehead atoms. The lowest BCUT2D eigenvalue weighted by molar-refractivity contribution is 0.254. The summed E-state index contributed by atoms with van der Waals surface area (Å²) in [5.41, 5.74) is 0.671. The fraction of sp³-hybridized carbons (Fsp3) is 1.00. The van der Waals surface area contributed by atoms with Crippen molar-refractivity contribution in [2.45, 2.75) is 77.7 Å². The number of hydrogen-bond donors (Lipinski definition) is 1. The molecule has 2 saturated carbocycles. The Bertz CT molecular complexity index is 205. The molecule has 0 heterocycles. The van der Waals surface area contributed by atoms with Crippen LogP contribution in [0.4, 0.5) is 0 Å². The molecule has 2 aliphatic rings. The third kappa shape index (κ3) is 2.80. The van der Waals surface area contributed by atoms with Gasteiger partial charge in [0.1, 0.15) is 0 Å². The van der Waals surface area contributed by atoms with E-state index in [1.165, 1.54) is 64.3 Å². The van der Waals surface area contributed by atoms with Gasteiger partial charge in [0.15, 0.2) is 0 Å². The zero-order valence-electron chi connectivity index (χ0n) is 11.2. The summed E-state index contributed by atoms with van der Waals surface area (Å²) >= 11 is 0. The first kappa shape index (κ1) is 12.4. The van der Waals surface area contributed by atoms with Crippen LogP contribution in [0.2, 0.25) is 0 Å². The average Bonchev–Trinajstić information content (AvgIpc) is 2.96. The molecule has 0 spiro atoms. The van der Waals surface area contributed by atoms with E-state index in [9.17, 15) is 0 Å². The summed E-state index contributed by atoms with van der Waals surface area (Å²) in [5, 5.41) is 3.88. The molecule has 2 aliphatic carbocycles. The van der Waals surface area contributed by atoms with E-state index in [0.717, 1.165) is 12.0 Å². The monoisotopic (exact) mass is 223 g/mol. The van der Waals surface area contributed by atoms with Gasteiger partial charge in [-0.2, -0.15) is 0 Å². The second kappa shape index (κ2) is 5.53. The standard InChI is InChI=1S/C15H29N/c1-3-13-7-8-14(11-13)16-12-15(4-2)9-5-6-10-15/h13-14,16H,3-12H2,1-2H3. The fourth-order valence-corrected chi connectivity index (χ4v) is 3.77. The molecule has 0 aromatic carbocycles. The minimum absolute atomic E-state index is 0.671. The van der Waals surface area contributed by atoms with E-state index >= 15 is 0 Å². The van der Waals surface area contributed by atoms with Gasteiger partial charge in [0.05, 0.1) is 0 Å². The van der Waals surface area contributed by atoms with Gasteiger partial charge < -0.3 is 5.32 Å². The lowest BCUT2D eigenvalue weighted by Gasteiger charge is -2.29. The lowest BCUT2D eigenvalue weighted by Crippen LogP contribution is -2.37. The van der Waals surface area contributed by atoms with E-state index in [4.69, 9.17) is 0 Å². The Morgan fingerprint density at radius 2 is 1.88 bits per heavy atom. The SMILES string of the molecule is CCC1CCC(NCC2(CC)CCCC2)C1. The molecule has 0 radical (unpaired) electrons. The molecule has 1 N–H and O–H groups in total. The highest BCUT2D eigenvalue weighted by atomic mass is 14.9. The van der Waals surface area contributed by atoms with Crippen LogP contribution in [0.25, 0.3) is 0 Å². The van der Waals surface area contributed by atoms with Gasteiger partial charge in [-0.15, -0.1) is 0 Å². The van der Waals surface area contributed by atoms with Crippen LogP contribution < -0.4 is 5.32 Å². The minimum Gasteiger partial charge on any atom is -0.313 e. The predicted octanol–water partition coefficient (Wildman–Crippen LogP) is 4.13. The van der Waals surface area contributed by atoms with Crippen molar-refractivity contribution in [3.8, 4) is 0 Å². The zero-order chi connectivity index (χ0) is 11.4. The smallest absolute Gasteiger partial charge is 0.00700 e. The molecule has 0 saturated heterocycles. The van der Waals surface area contributed by atoms with Crippen LogP contribution in [0, 0.1) is 11.3 Å². The van der Waals surface area contributed by atoms with Gasteiger partial charge in [0.25, 0.3) is 0 Å². The number of hydrogen-bond acceptors (Lipinski definition) is 1. The number of nitrogens with one attached hydrogen (secondary N) is 1. The summed E-state index contributed by atoms with van der Waals surface area (Å²) in [6.07, 6.45) is 13.0. The van der Waals surface area contributed by atoms with Crippen LogP contribution in [0.15, 0.2) is 0 Å². The third-order valence-corrected chi connectivity index (χ3v) is 5.30. The first-order valence-electron chi connectivity index (χ1n) is 7.51. The van der Waals surface area contributed by atoms with Crippen LogP contribution in [0.1, 0.15) is 71.6 Å².